The van der Waals surface area contributed by atoms with Gasteiger partial charge in [0.15, 0.2) is 0 Å². The minimum absolute atomic E-state index is 0.00380. The molecule has 8 unspecified atom stereocenters. The number of halogens is 2. The summed E-state index contributed by atoms with van der Waals surface area (Å²) >= 11 is 2.72. The standard InChI is InChI=1S/C28H23F2N3O4S2/c1-11(24(34)31-15-8-6-14(30)7-9-15)33-26(35)20-16-10-17(21(20)27(33)36)22-19(16)18(12-2-4-13(29)5-3-12)23-25(38-22)32-28(37)39-23/h2-9,11,16-22H,10H2,1H3,(H,31,34)(H,32,37). The third-order valence-corrected chi connectivity index (χ3v) is 11.5. The fourth-order valence-electron chi connectivity index (χ4n) is 7.36. The van der Waals surface area contributed by atoms with Crippen LogP contribution in [0.4, 0.5) is 14.5 Å². The third kappa shape index (κ3) is 3.66. The van der Waals surface area contributed by atoms with E-state index >= 15 is 0 Å². The van der Waals surface area contributed by atoms with Gasteiger partial charge >= 0.3 is 4.87 Å². The quantitative estimate of drug-likeness (QED) is 0.460. The van der Waals surface area contributed by atoms with Crippen LogP contribution in [0.15, 0.2) is 58.4 Å². The topological polar surface area (TPSA) is 99.3 Å². The van der Waals surface area contributed by atoms with Crippen LogP contribution in [0, 0.1) is 41.2 Å². The summed E-state index contributed by atoms with van der Waals surface area (Å²) in [5.41, 5.74) is 1.25. The van der Waals surface area contributed by atoms with Crippen molar-refractivity contribution in [3.63, 3.8) is 0 Å². The lowest BCUT2D eigenvalue weighted by Crippen LogP contribution is -2.46. The van der Waals surface area contributed by atoms with Gasteiger partial charge < -0.3 is 10.3 Å². The number of hydrogen-bond acceptors (Lipinski definition) is 6. The number of aromatic amines is 1. The van der Waals surface area contributed by atoms with E-state index in [1.54, 1.807) is 23.9 Å². The summed E-state index contributed by atoms with van der Waals surface area (Å²) in [6, 6.07) is 10.5. The number of benzene rings is 2. The molecule has 3 aromatic rings. The van der Waals surface area contributed by atoms with Crippen LogP contribution in [0.5, 0.6) is 0 Å². The molecule has 7 nitrogen and oxygen atoms in total. The Labute approximate surface area is 230 Å². The Hall–Kier alpha value is -3.31. The van der Waals surface area contributed by atoms with Gasteiger partial charge in [0, 0.05) is 21.7 Å². The molecule has 0 radical (unpaired) electrons. The number of nitrogens with one attached hydrogen (secondary N) is 2. The Morgan fingerprint density at radius 1 is 0.974 bits per heavy atom. The Morgan fingerprint density at radius 2 is 1.59 bits per heavy atom. The molecule has 2 bridgehead atoms. The minimum atomic E-state index is -1.03. The van der Waals surface area contributed by atoms with Crippen LogP contribution in [0.1, 0.15) is 29.7 Å². The summed E-state index contributed by atoms with van der Waals surface area (Å²) in [7, 11) is 0. The highest BCUT2D eigenvalue weighted by molar-refractivity contribution is 8.00. The number of likely N-dealkylation sites (tertiary alicyclic amines) is 1. The van der Waals surface area contributed by atoms with Crippen molar-refractivity contribution in [1.82, 2.24) is 9.88 Å². The average molecular weight is 568 g/mol. The highest BCUT2D eigenvalue weighted by Gasteiger charge is 2.70. The first-order chi connectivity index (χ1) is 18.7. The predicted octanol–water partition coefficient (Wildman–Crippen LogP) is 4.22. The van der Waals surface area contributed by atoms with Gasteiger partial charge in [0.1, 0.15) is 17.7 Å². The normalized spacial score (nSPS) is 31.2. The van der Waals surface area contributed by atoms with Crippen molar-refractivity contribution in [3.8, 4) is 0 Å². The zero-order valence-corrected chi connectivity index (χ0v) is 22.2. The summed E-state index contributed by atoms with van der Waals surface area (Å²) in [6.45, 7) is 1.53. The first-order valence-electron chi connectivity index (χ1n) is 12.8. The van der Waals surface area contributed by atoms with Crippen molar-refractivity contribution >= 4 is 46.5 Å². The number of carbonyl (C=O) groups excluding carboxylic acids is 3. The number of carbonyl (C=O) groups is 3. The van der Waals surface area contributed by atoms with Gasteiger partial charge in [-0.1, -0.05) is 23.5 Å². The molecule has 2 aromatic carbocycles. The third-order valence-electron chi connectivity index (χ3n) is 8.87. The van der Waals surface area contributed by atoms with Crippen LogP contribution >= 0.6 is 23.1 Å². The number of anilines is 1. The lowest BCUT2D eigenvalue weighted by atomic mass is 9.68. The summed E-state index contributed by atoms with van der Waals surface area (Å²) < 4.78 is 27.0. The molecule has 2 aliphatic carbocycles. The second kappa shape index (κ2) is 8.85. The number of H-pyrrole nitrogens is 1. The number of thiazole rings is 1. The molecule has 7 rings (SSSR count). The van der Waals surface area contributed by atoms with E-state index in [9.17, 15) is 28.0 Å². The average Bonchev–Trinajstić information content (AvgIpc) is 3.64. The van der Waals surface area contributed by atoms with Gasteiger partial charge in [0.25, 0.3) is 0 Å². The molecule has 1 aromatic heterocycles. The van der Waals surface area contributed by atoms with Crippen molar-refractivity contribution < 1.29 is 23.2 Å². The van der Waals surface area contributed by atoms with Crippen molar-refractivity contribution in [2.45, 2.75) is 35.6 Å². The Balaban J connectivity index is 1.21. The fourth-order valence-corrected chi connectivity index (χ4v) is 10.3. The van der Waals surface area contributed by atoms with Gasteiger partial charge in [-0.05, 0) is 73.1 Å². The zero-order chi connectivity index (χ0) is 27.2. The van der Waals surface area contributed by atoms with Crippen LogP contribution in [0.25, 0.3) is 0 Å². The Morgan fingerprint density at radius 3 is 2.26 bits per heavy atom. The summed E-state index contributed by atoms with van der Waals surface area (Å²) in [6.07, 6.45) is 0.718. The molecule has 3 amide bonds. The van der Waals surface area contributed by atoms with E-state index in [0.29, 0.717) is 5.69 Å². The largest absolute Gasteiger partial charge is 0.324 e. The number of hydrogen-bond donors (Lipinski definition) is 2. The number of nitrogens with zero attached hydrogens (tertiary/aromatic N) is 1. The molecule has 11 heteroatoms. The van der Waals surface area contributed by atoms with Crippen LogP contribution in [0.2, 0.25) is 0 Å². The van der Waals surface area contributed by atoms with Crippen molar-refractivity contribution in [3.05, 3.63) is 80.3 Å². The lowest BCUT2D eigenvalue weighted by molar-refractivity contribution is -0.146. The number of thioether (sulfide) groups is 1. The van der Waals surface area contributed by atoms with E-state index < -0.39 is 29.6 Å². The zero-order valence-electron chi connectivity index (χ0n) is 20.6. The van der Waals surface area contributed by atoms with E-state index in [2.05, 4.69) is 10.3 Å². The van der Waals surface area contributed by atoms with Crippen LogP contribution in [-0.2, 0) is 14.4 Å². The molecule has 2 saturated carbocycles. The minimum Gasteiger partial charge on any atom is -0.324 e. The van der Waals surface area contributed by atoms with Crippen LogP contribution < -0.4 is 10.2 Å². The fraction of sp³-hybridized carbons (Fsp3) is 0.357. The Bertz CT molecular complexity index is 1570. The van der Waals surface area contributed by atoms with Gasteiger partial charge in [-0.25, -0.2) is 8.78 Å². The first-order valence-corrected chi connectivity index (χ1v) is 14.5. The van der Waals surface area contributed by atoms with Crippen molar-refractivity contribution in [2.75, 3.05) is 5.32 Å². The van der Waals surface area contributed by atoms with E-state index in [4.69, 9.17) is 0 Å². The number of aromatic nitrogens is 1. The highest BCUT2D eigenvalue weighted by atomic mass is 32.2. The van der Waals surface area contributed by atoms with E-state index in [1.165, 1.54) is 43.3 Å². The summed E-state index contributed by atoms with van der Waals surface area (Å²) in [5.74, 6) is -3.42. The molecule has 3 fully saturated rings. The molecule has 200 valence electrons. The smallest absolute Gasteiger partial charge is 0.305 e. The highest BCUT2D eigenvalue weighted by Crippen LogP contribution is 2.68. The second-order valence-corrected chi connectivity index (χ2v) is 12.9. The number of amides is 3. The molecule has 8 atom stereocenters. The number of fused-ring (bicyclic) bond motifs is 9. The van der Waals surface area contributed by atoms with Gasteiger partial charge in [0.05, 0.1) is 16.9 Å². The van der Waals surface area contributed by atoms with Gasteiger partial charge in [-0.2, -0.15) is 0 Å². The molecule has 2 aliphatic heterocycles. The van der Waals surface area contributed by atoms with Gasteiger partial charge in [0.2, 0.25) is 17.7 Å². The molecule has 2 N–H and O–H groups in total. The van der Waals surface area contributed by atoms with Gasteiger partial charge in [-0.15, -0.1) is 11.8 Å². The van der Waals surface area contributed by atoms with Crippen LogP contribution in [0.3, 0.4) is 0 Å². The second-order valence-electron chi connectivity index (χ2n) is 10.7. The molecule has 4 aliphatic rings. The molecular weight excluding hydrogens is 544 g/mol. The summed E-state index contributed by atoms with van der Waals surface area (Å²) in [5, 5.41) is 3.46. The first kappa shape index (κ1) is 24.7. The Kier molecular flexibility index (Phi) is 5.61. The SMILES string of the molecule is CC(C(=O)Nc1ccc(F)cc1)N1C(=O)C2C3CC(C2C1=O)C1C(c2ccc(F)cc2)c2sc(=O)[nH]c2SC31. The summed E-state index contributed by atoms with van der Waals surface area (Å²) in [4.78, 5) is 57.7. The van der Waals surface area contributed by atoms with Gasteiger partial charge in [-0.3, -0.25) is 24.1 Å². The lowest BCUT2D eigenvalue weighted by Gasteiger charge is -2.43. The monoisotopic (exact) mass is 567 g/mol. The predicted molar refractivity (Wildman–Crippen MR) is 141 cm³/mol. The number of rotatable bonds is 4. The van der Waals surface area contributed by atoms with Crippen molar-refractivity contribution in [1.29, 1.82) is 0 Å². The van der Waals surface area contributed by atoms with Crippen LogP contribution in [-0.4, -0.2) is 38.9 Å². The molecular formula is C28H23F2N3O4S2. The maximum absolute atomic E-state index is 13.8. The molecule has 39 heavy (non-hydrogen) atoms. The maximum atomic E-state index is 13.8. The van der Waals surface area contributed by atoms with E-state index in [1.807, 2.05) is 0 Å². The van der Waals surface area contributed by atoms with Crippen molar-refractivity contribution in [2.24, 2.45) is 29.6 Å². The van der Waals surface area contributed by atoms with E-state index in [-0.39, 0.29) is 51.4 Å². The van der Waals surface area contributed by atoms with E-state index in [0.717, 1.165) is 38.1 Å². The maximum Gasteiger partial charge on any atom is 0.305 e. The number of imide groups is 1. The molecule has 0 spiro atoms. The molecule has 1 saturated heterocycles. The molecule has 3 heterocycles.